The van der Waals surface area contributed by atoms with Gasteiger partial charge in [-0.3, -0.25) is 19.3 Å². The lowest BCUT2D eigenvalue weighted by atomic mass is 10.1. The van der Waals surface area contributed by atoms with Crippen LogP contribution in [0.25, 0.3) is 6.08 Å². The van der Waals surface area contributed by atoms with Crippen LogP contribution in [0.4, 0.5) is 4.79 Å². The molecule has 126 valence electrons. The molecule has 1 aromatic carbocycles. The van der Waals surface area contributed by atoms with Crippen LogP contribution in [0.1, 0.15) is 31.2 Å². The van der Waals surface area contributed by atoms with Gasteiger partial charge in [0, 0.05) is 19.0 Å². The van der Waals surface area contributed by atoms with E-state index in [2.05, 4.69) is 5.32 Å². The van der Waals surface area contributed by atoms with Crippen LogP contribution < -0.4 is 5.32 Å². The summed E-state index contributed by atoms with van der Waals surface area (Å²) < 4.78 is 0. The maximum atomic E-state index is 12.4. The van der Waals surface area contributed by atoms with Crippen molar-refractivity contribution in [2.45, 2.75) is 25.7 Å². The zero-order valence-electron chi connectivity index (χ0n) is 13.4. The average Bonchev–Trinajstić information content (AvgIpc) is 3.20. The first-order valence-electron chi connectivity index (χ1n) is 8.23. The Morgan fingerprint density at radius 1 is 1.21 bits per heavy atom. The fourth-order valence-corrected chi connectivity index (χ4v) is 3.88. The molecule has 2 fully saturated rings. The molecule has 0 atom stereocenters. The number of thioether (sulfide) groups is 1. The van der Waals surface area contributed by atoms with Gasteiger partial charge >= 0.3 is 0 Å². The number of imide groups is 1. The Balaban J connectivity index is 1.54. The number of carbonyl (C=O) groups excluding carboxylic acids is 3. The normalized spacial score (nSPS) is 20.2. The Labute approximate surface area is 145 Å². The summed E-state index contributed by atoms with van der Waals surface area (Å²) in [5.74, 6) is -0.152. The Hall–Kier alpha value is -2.08. The molecule has 0 bridgehead atoms. The van der Waals surface area contributed by atoms with Crippen LogP contribution in [0.15, 0.2) is 35.2 Å². The van der Waals surface area contributed by atoms with E-state index in [0.29, 0.717) is 11.4 Å². The molecule has 0 unspecified atom stereocenters. The van der Waals surface area contributed by atoms with Crippen molar-refractivity contribution in [2.24, 2.45) is 5.92 Å². The fraction of sp³-hybridized carbons (Fsp3) is 0.389. The highest BCUT2D eigenvalue weighted by Gasteiger charge is 2.34. The Kier molecular flexibility index (Phi) is 5.35. The highest BCUT2D eigenvalue weighted by atomic mass is 32.2. The van der Waals surface area contributed by atoms with Gasteiger partial charge in [0.2, 0.25) is 5.91 Å². The van der Waals surface area contributed by atoms with Crippen molar-refractivity contribution in [3.8, 4) is 0 Å². The summed E-state index contributed by atoms with van der Waals surface area (Å²) in [7, 11) is 0. The molecular formula is C18H20N2O3S. The number of hydrogen-bond donors (Lipinski definition) is 1. The minimum atomic E-state index is -0.288. The zero-order chi connectivity index (χ0) is 16.9. The van der Waals surface area contributed by atoms with Crippen LogP contribution in [-0.2, 0) is 9.59 Å². The van der Waals surface area contributed by atoms with Crippen molar-refractivity contribution in [1.82, 2.24) is 10.2 Å². The Morgan fingerprint density at radius 3 is 2.62 bits per heavy atom. The van der Waals surface area contributed by atoms with Crippen molar-refractivity contribution in [3.63, 3.8) is 0 Å². The highest BCUT2D eigenvalue weighted by Crippen LogP contribution is 2.31. The van der Waals surface area contributed by atoms with E-state index in [0.717, 1.165) is 43.0 Å². The standard InChI is InChI=1S/C18H20N2O3S/c21-16(14-8-4-5-9-14)19-10-11-20-17(22)15(24-18(20)23)12-13-6-2-1-3-7-13/h1-3,6-7,12,14H,4-5,8-11H2,(H,19,21). The van der Waals surface area contributed by atoms with Crippen molar-refractivity contribution < 1.29 is 14.4 Å². The molecule has 1 aliphatic carbocycles. The van der Waals surface area contributed by atoms with Crippen molar-refractivity contribution in [1.29, 1.82) is 0 Å². The second-order valence-corrected chi connectivity index (χ2v) is 7.01. The van der Waals surface area contributed by atoms with Crippen LogP contribution in [0.5, 0.6) is 0 Å². The summed E-state index contributed by atoms with van der Waals surface area (Å²) in [6.07, 6.45) is 5.80. The Morgan fingerprint density at radius 2 is 1.92 bits per heavy atom. The van der Waals surface area contributed by atoms with E-state index in [1.807, 2.05) is 30.3 Å². The van der Waals surface area contributed by atoms with E-state index < -0.39 is 0 Å². The molecule has 1 saturated heterocycles. The highest BCUT2D eigenvalue weighted by molar-refractivity contribution is 8.18. The maximum absolute atomic E-state index is 12.4. The predicted molar refractivity (Wildman–Crippen MR) is 94.1 cm³/mol. The number of carbonyl (C=O) groups is 3. The molecule has 3 amide bonds. The summed E-state index contributed by atoms with van der Waals surface area (Å²) in [5, 5.41) is 2.56. The second kappa shape index (κ2) is 7.66. The smallest absolute Gasteiger partial charge is 0.293 e. The molecular weight excluding hydrogens is 324 g/mol. The van der Waals surface area contributed by atoms with Crippen LogP contribution in [0.2, 0.25) is 0 Å². The minimum absolute atomic E-state index is 0.0410. The quantitative estimate of drug-likeness (QED) is 0.834. The third-order valence-electron chi connectivity index (χ3n) is 4.33. The number of amides is 3. The third-order valence-corrected chi connectivity index (χ3v) is 5.24. The third kappa shape index (κ3) is 3.87. The average molecular weight is 344 g/mol. The van der Waals surface area contributed by atoms with Gasteiger partial charge in [0.05, 0.1) is 4.91 Å². The van der Waals surface area contributed by atoms with Crippen molar-refractivity contribution in [2.75, 3.05) is 13.1 Å². The SMILES string of the molecule is O=C(NCCN1C(=O)SC(=Cc2ccccc2)C1=O)C1CCCC1. The first-order chi connectivity index (χ1) is 11.6. The molecule has 0 radical (unpaired) electrons. The number of nitrogens with zero attached hydrogens (tertiary/aromatic N) is 1. The summed E-state index contributed by atoms with van der Waals surface area (Å²) in [6, 6.07) is 9.44. The van der Waals surface area contributed by atoms with E-state index in [4.69, 9.17) is 0 Å². The van der Waals surface area contributed by atoms with Crippen LogP contribution in [-0.4, -0.2) is 35.0 Å². The van der Waals surface area contributed by atoms with Gasteiger partial charge in [0.25, 0.3) is 11.1 Å². The van der Waals surface area contributed by atoms with Crippen molar-refractivity contribution >= 4 is 34.9 Å². The zero-order valence-corrected chi connectivity index (χ0v) is 14.2. The lowest BCUT2D eigenvalue weighted by Gasteiger charge is -2.14. The molecule has 1 aliphatic heterocycles. The topological polar surface area (TPSA) is 66.5 Å². The van der Waals surface area contributed by atoms with E-state index >= 15 is 0 Å². The molecule has 1 heterocycles. The molecule has 5 nitrogen and oxygen atoms in total. The Bertz CT molecular complexity index is 666. The van der Waals surface area contributed by atoms with Gasteiger partial charge in [-0.15, -0.1) is 0 Å². The summed E-state index contributed by atoms with van der Waals surface area (Å²) in [5.41, 5.74) is 0.887. The van der Waals surface area contributed by atoms with E-state index in [1.165, 1.54) is 4.90 Å². The summed E-state index contributed by atoms with van der Waals surface area (Å²) >= 11 is 0.947. The molecule has 6 heteroatoms. The van der Waals surface area contributed by atoms with Gasteiger partial charge in [-0.1, -0.05) is 43.2 Å². The molecule has 24 heavy (non-hydrogen) atoms. The molecule has 1 saturated carbocycles. The van der Waals surface area contributed by atoms with Gasteiger partial charge in [0.15, 0.2) is 0 Å². The van der Waals surface area contributed by atoms with Gasteiger partial charge in [-0.05, 0) is 36.2 Å². The molecule has 3 rings (SSSR count). The van der Waals surface area contributed by atoms with Crippen LogP contribution >= 0.6 is 11.8 Å². The van der Waals surface area contributed by atoms with Gasteiger partial charge < -0.3 is 5.32 Å². The van der Waals surface area contributed by atoms with Gasteiger partial charge in [-0.25, -0.2) is 0 Å². The molecule has 1 N–H and O–H groups in total. The van der Waals surface area contributed by atoms with E-state index in [9.17, 15) is 14.4 Å². The van der Waals surface area contributed by atoms with E-state index in [-0.39, 0.29) is 29.5 Å². The molecule has 0 spiro atoms. The minimum Gasteiger partial charge on any atom is -0.354 e. The first kappa shape index (κ1) is 16.8. The largest absolute Gasteiger partial charge is 0.354 e. The lowest BCUT2D eigenvalue weighted by Crippen LogP contribution is -2.39. The monoisotopic (exact) mass is 344 g/mol. The van der Waals surface area contributed by atoms with E-state index in [1.54, 1.807) is 6.08 Å². The lowest BCUT2D eigenvalue weighted by molar-refractivity contribution is -0.126. The number of rotatable bonds is 5. The van der Waals surface area contributed by atoms with Gasteiger partial charge in [0.1, 0.15) is 0 Å². The van der Waals surface area contributed by atoms with Crippen LogP contribution in [0, 0.1) is 5.92 Å². The summed E-state index contributed by atoms with van der Waals surface area (Å²) in [4.78, 5) is 38.0. The number of benzene rings is 1. The van der Waals surface area contributed by atoms with Crippen LogP contribution in [0.3, 0.4) is 0 Å². The first-order valence-corrected chi connectivity index (χ1v) is 9.05. The van der Waals surface area contributed by atoms with Crippen molar-refractivity contribution in [3.05, 3.63) is 40.8 Å². The molecule has 0 aromatic heterocycles. The predicted octanol–water partition coefficient (Wildman–Crippen LogP) is 3.03. The molecule has 1 aromatic rings. The second-order valence-electron chi connectivity index (χ2n) is 6.02. The summed E-state index contributed by atoms with van der Waals surface area (Å²) in [6.45, 7) is 0.529. The number of hydrogen-bond acceptors (Lipinski definition) is 4. The molecule has 2 aliphatic rings. The fourth-order valence-electron chi connectivity index (χ4n) is 3.02. The maximum Gasteiger partial charge on any atom is 0.293 e. The van der Waals surface area contributed by atoms with Gasteiger partial charge in [-0.2, -0.15) is 0 Å². The number of nitrogens with one attached hydrogen (secondary N) is 1.